The van der Waals surface area contributed by atoms with Crippen LogP contribution >= 0.6 is 0 Å². The van der Waals surface area contributed by atoms with E-state index in [1.54, 1.807) is 6.07 Å². The molecule has 0 unspecified atom stereocenters. The molecule has 0 bridgehead atoms. The van der Waals surface area contributed by atoms with Crippen molar-refractivity contribution in [3.05, 3.63) is 101 Å². The minimum atomic E-state index is -4.18. The zero-order chi connectivity index (χ0) is 24.3. The molecule has 0 spiro atoms. The zero-order valence-electron chi connectivity index (χ0n) is 17.9. The van der Waals surface area contributed by atoms with Crippen LogP contribution in [0, 0.1) is 10.1 Å². The Labute approximate surface area is 195 Å². The highest BCUT2D eigenvalue weighted by Gasteiger charge is 2.21. The highest BCUT2D eigenvalue weighted by Crippen LogP contribution is 2.31. The number of non-ortho nitro benzene ring substituents is 1. The lowest BCUT2D eigenvalue weighted by atomic mass is 10.1. The van der Waals surface area contributed by atoms with Crippen LogP contribution in [0.2, 0.25) is 0 Å². The number of anilines is 2. The monoisotopic (exact) mass is 477 g/mol. The normalized spacial score (nSPS) is 11.1. The number of methoxy groups -OCH3 is 1. The molecule has 0 saturated heterocycles. The molecule has 0 atom stereocenters. The van der Waals surface area contributed by atoms with E-state index in [-0.39, 0.29) is 27.6 Å². The van der Waals surface area contributed by atoms with Gasteiger partial charge >= 0.3 is 0 Å². The van der Waals surface area contributed by atoms with Gasteiger partial charge in [-0.25, -0.2) is 8.42 Å². The third kappa shape index (κ3) is 4.66. The van der Waals surface area contributed by atoms with Gasteiger partial charge in [-0.1, -0.05) is 42.5 Å². The minimum Gasteiger partial charge on any atom is -0.495 e. The summed E-state index contributed by atoms with van der Waals surface area (Å²) in [6.45, 7) is 0. The fourth-order valence-corrected chi connectivity index (χ4v) is 4.53. The Bertz CT molecular complexity index is 1510. The van der Waals surface area contributed by atoms with Gasteiger partial charge in [0.05, 0.1) is 22.6 Å². The molecule has 0 aliphatic carbocycles. The quantitative estimate of drug-likeness (QED) is 0.290. The Morgan fingerprint density at radius 2 is 1.65 bits per heavy atom. The van der Waals surface area contributed by atoms with Crippen LogP contribution in [0.25, 0.3) is 10.8 Å². The third-order valence-electron chi connectivity index (χ3n) is 5.08. The fraction of sp³-hybridized carbons (Fsp3) is 0.0417. The van der Waals surface area contributed by atoms with E-state index < -0.39 is 20.9 Å². The summed E-state index contributed by atoms with van der Waals surface area (Å²) < 4.78 is 33.4. The van der Waals surface area contributed by atoms with Crippen LogP contribution in [0.4, 0.5) is 17.1 Å². The standard InChI is InChI=1S/C24H19N3O6S/c1-33-23-13-12-18(27(29)30)15-22(23)26-34(31,32)19-9-4-8-17(14-19)24(28)25-21-11-5-7-16-6-2-3-10-20(16)21/h2-15,26H,1H3,(H,25,28). The molecule has 10 heteroatoms. The topological polar surface area (TPSA) is 128 Å². The molecule has 1 amide bonds. The van der Waals surface area contributed by atoms with Gasteiger partial charge in [0.2, 0.25) is 0 Å². The number of hydrogen-bond donors (Lipinski definition) is 2. The smallest absolute Gasteiger partial charge is 0.271 e. The minimum absolute atomic E-state index is 0.0951. The van der Waals surface area contributed by atoms with E-state index in [1.807, 2.05) is 36.4 Å². The molecule has 0 aliphatic heterocycles. The summed E-state index contributed by atoms with van der Waals surface area (Å²) in [6, 6.07) is 22.1. The van der Waals surface area contributed by atoms with Crippen LogP contribution in [0.3, 0.4) is 0 Å². The number of sulfonamides is 1. The average molecular weight is 477 g/mol. The predicted molar refractivity (Wildman–Crippen MR) is 129 cm³/mol. The lowest BCUT2D eigenvalue weighted by Gasteiger charge is -2.13. The molecule has 0 fully saturated rings. The third-order valence-corrected chi connectivity index (χ3v) is 6.45. The first kappa shape index (κ1) is 22.7. The van der Waals surface area contributed by atoms with E-state index in [1.165, 1.54) is 43.5 Å². The van der Waals surface area contributed by atoms with Crippen LogP contribution in [0.1, 0.15) is 10.4 Å². The molecule has 0 heterocycles. The number of nitrogens with one attached hydrogen (secondary N) is 2. The van der Waals surface area contributed by atoms with Crippen molar-refractivity contribution < 1.29 is 22.9 Å². The highest BCUT2D eigenvalue weighted by atomic mass is 32.2. The summed E-state index contributed by atoms with van der Waals surface area (Å²) in [5.74, 6) is -0.375. The average Bonchev–Trinajstić information content (AvgIpc) is 2.84. The summed E-state index contributed by atoms with van der Waals surface area (Å²) in [7, 11) is -2.87. The molecule has 4 rings (SSSR count). The second-order valence-corrected chi connectivity index (χ2v) is 8.94. The summed E-state index contributed by atoms with van der Waals surface area (Å²) in [4.78, 5) is 23.1. The van der Waals surface area contributed by atoms with E-state index >= 15 is 0 Å². The maximum Gasteiger partial charge on any atom is 0.271 e. The van der Waals surface area contributed by atoms with Gasteiger partial charge in [0.1, 0.15) is 5.75 Å². The van der Waals surface area contributed by atoms with Gasteiger partial charge in [-0.15, -0.1) is 0 Å². The second kappa shape index (κ2) is 9.20. The molecular formula is C24H19N3O6S. The Hall–Kier alpha value is -4.44. The van der Waals surface area contributed by atoms with Crippen molar-refractivity contribution in [2.75, 3.05) is 17.1 Å². The molecule has 0 aliphatic rings. The van der Waals surface area contributed by atoms with Crippen molar-refractivity contribution in [2.45, 2.75) is 4.90 Å². The number of fused-ring (bicyclic) bond motifs is 1. The van der Waals surface area contributed by atoms with Crippen molar-refractivity contribution >= 4 is 43.8 Å². The van der Waals surface area contributed by atoms with Crippen molar-refractivity contribution in [1.82, 2.24) is 0 Å². The number of carbonyl (C=O) groups excluding carboxylic acids is 1. The van der Waals surface area contributed by atoms with Crippen LogP contribution in [-0.4, -0.2) is 26.4 Å². The maximum absolute atomic E-state index is 13.0. The highest BCUT2D eigenvalue weighted by molar-refractivity contribution is 7.92. The van der Waals surface area contributed by atoms with Crippen LogP contribution in [-0.2, 0) is 10.0 Å². The Balaban J connectivity index is 1.62. The van der Waals surface area contributed by atoms with Gasteiger partial charge in [0, 0.05) is 28.8 Å². The Morgan fingerprint density at radius 1 is 0.912 bits per heavy atom. The van der Waals surface area contributed by atoms with Crippen molar-refractivity contribution in [3.63, 3.8) is 0 Å². The van der Waals surface area contributed by atoms with Crippen molar-refractivity contribution in [3.8, 4) is 5.75 Å². The van der Waals surface area contributed by atoms with E-state index in [9.17, 15) is 23.3 Å². The lowest BCUT2D eigenvalue weighted by Crippen LogP contribution is -2.16. The molecule has 4 aromatic carbocycles. The molecule has 4 aromatic rings. The summed E-state index contributed by atoms with van der Waals surface area (Å²) in [6.07, 6.45) is 0. The maximum atomic E-state index is 13.0. The zero-order valence-corrected chi connectivity index (χ0v) is 18.7. The molecule has 0 aromatic heterocycles. The number of ether oxygens (including phenoxy) is 1. The fourth-order valence-electron chi connectivity index (χ4n) is 3.43. The number of benzene rings is 4. The first-order valence-electron chi connectivity index (χ1n) is 10.0. The summed E-state index contributed by atoms with van der Waals surface area (Å²) >= 11 is 0. The number of amides is 1. The predicted octanol–water partition coefficient (Wildman–Crippen LogP) is 4.81. The molecule has 0 radical (unpaired) electrons. The first-order chi connectivity index (χ1) is 16.3. The number of carbonyl (C=O) groups is 1. The van der Waals surface area contributed by atoms with E-state index in [0.29, 0.717) is 5.69 Å². The SMILES string of the molecule is COc1ccc([N+](=O)[O-])cc1NS(=O)(=O)c1cccc(C(=O)Nc2cccc3ccccc23)c1. The lowest BCUT2D eigenvalue weighted by molar-refractivity contribution is -0.384. The number of nitrogens with zero attached hydrogens (tertiary/aromatic N) is 1. The number of nitro groups is 1. The van der Waals surface area contributed by atoms with Gasteiger partial charge in [-0.3, -0.25) is 19.6 Å². The van der Waals surface area contributed by atoms with Gasteiger partial charge < -0.3 is 10.1 Å². The van der Waals surface area contributed by atoms with Gasteiger partial charge in [-0.05, 0) is 35.7 Å². The largest absolute Gasteiger partial charge is 0.495 e. The van der Waals surface area contributed by atoms with E-state index in [0.717, 1.165) is 16.8 Å². The Kier molecular flexibility index (Phi) is 6.15. The molecule has 172 valence electrons. The molecule has 0 saturated carbocycles. The first-order valence-corrected chi connectivity index (χ1v) is 11.5. The number of hydrogen-bond acceptors (Lipinski definition) is 6. The van der Waals surface area contributed by atoms with E-state index in [4.69, 9.17) is 4.74 Å². The van der Waals surface area contributed by atoms with Crippen LogP contribution in [0.15, 0.2) is 89.8 Å². The molecule has 2 N–H and O–H groups in total. The summed E-state index contributed by atoms with van der Waals surface area (Å²) in [5, 5.41) is 15.7. The Morgan fingerprint density at radius 3 is 2.41 bits per heavy atom. The van der Waals surface area contributed by atoms with E-state index in [2.05, 4.69) is 10.0 Å². The second-order valence-electron chi connectivity index (χ2n) is 7.26. The molecule has 9 nitrogen and oxygen atoms in total. The number of rotatable bonds is 7. The van der Waals surface area contributed by atoms with Crippen molar-refractivity contribution in [1.29, 1.82) is 0 Å². The van der Waals surface area contributed by atoms with Crippen LogP contribution < -0.4 is 14.8 Å². The van der Waals surface area contributed by atoms with Gasteiger partial charge in [0.15, 0.2) is 0 Å². The van der Waals surface area contributed by atoms with Gasteiger partial charge in [0.25, 0.3) is 21.6 Å². The number of nitro benzene ring substituents is 1. The molecule has 34 heavy (non-hydrogen) atoms. The molecular weight excluding hydrogens is 458 g/mol. The van der Waals surface area contributed by atoms with Crippen LogP contribution in [0.5, 0.6) is 5.75 Å². The van der Waals surface area contributed by atoms with Gasteiger partial charge in [-0.2, -0.15) is 0 Å². The summed E-state index contributed by atoms with van der Waals surface area (Å²) in [5.41, 5.74) is 0.321. The van der Waals surface area contributed by atoms with Crippen molar-refractivity contribution in [2.24, 2.45) is 0 Å².